The summed E-state index contributed by atoms with van der Waals surface area (Å²) in [7, 11) is 1.75. The van der Waals surface area contributed by atoms with E-state index in [-0.39, 0.29) is 17.9 Å². The molecule has 4 heterocycles. The molecular formula is C21H20N4O4. The van der Waals surface area contributed by atoms with Gasteiger partial charge in [-0.1, -0.05) is 6.07 Å². The molecule has 4 rings (SSSR count). The van der Waals surface area contributed by atoms with E-state index in [1.54, 1.807) is 56.2 Å². The number of amides is 1. The summed E-state index contributed by atoms with van der Waals surface area (Å²) in [6.45, 7) is 3.70. The fraction of sp³-hybridized carbons (Fsp3) is 0.238. The smallest absolute Gasteiger partial charge is 0.296 e. The molecule has 3 aromatic rings. The summed E-state index contributed by atoms with van der Waals surface area (Å²) in [5.74, 6) is -1.30. The van der Waals surface area contributed by atoms with Gasteiger partial charge in [-0.05, 0) is 37.6 Å². The average molecular weight is 392 g/mol. The number of likely N-dealkylation sites (tertiary alicyclic amines) is 1. The Morgan fingerprint density at radius 3 is 2.62 bits per heavy atom. The number of nitrogens with zero attached hydrogens (tertiary/aromatic N) is 4. The Morgan fingerprint density at radius 1 is 1.24 bits per heavy atom. The molecular weight excluding hydrogens is 372 g/mol. The molecule has 29 heavy (non-hydrogen) atoms. The van der Waals surface area contributed by atoms with Gasteiger partial charge in [0.25, 0.3) is 11.7 Å². The molecule has 1 atom stereocenters. The molecule has 0 unspecified atom stereocenters. The lowest BCUT2D eigenvalue weighted by molar-refractivity contribution is -0.140. The quantitative estimate of drug-likeness (QED) is 0.416. The molecule has 1 fully saturated rings. The van der Waals surface area contributed by atoms with Crippen molar-refractivity contribution in [3.8, 4) is 0 Å². The Balaban J connectivity index is 1.88. The molecule has 1 aliphatic heterocycles. The normalized spacial score (nSPS) is 18.6. The van der Waals surface area contributed by atoms with E-state index in [0.717, 1.165) is 5.56 Å². The minimum Gasteiger partial charge on any atom is -0.507 e. The summed E-state index contributed by atoms with van der Waals surface area (Å²) < 4.78 is 7.16. The zero-order valence-corrected chi connectivity index (χ0v) is 16.3. The van der Waals surface area contributed by atoms with Gasteiger partial charge in [0.2, 0.25) is 0 Å². The number of aliphatic hydroxyl groups excluding tert-OH is 1. The molecule has 1 aliphatic rings. The molecule has 0 aliphatic carbocycles. The lowest BCUT2D eigenvalue weighted by atomic mass is 9.98. The number of Topliss-reactive ketones (excluding diaryl/α,β-unsaturated/α-hetero) is 1. The number of furan rings is 1. The Labute approximate surface area is 167 Å². The first-order valence-corrected chi connectivity index (χ1v) is 9.11. The Hall–Kier alpha value is -3.68. The zero-order valence-electron chi connectivity index (χ0n) is 16.3. The van der Waals surface area contributed by atoms with Gasteiger partial charge in [0, 0.05) is 31.7 Å². The maximum absolute atomic E-state index is 13.0. The van der Waals surface area contributed by atoms with Gasteiger partial charge in [0.15, 0.2) is 0 Å². The predicted octanol–water partition coefficient (Wildman–Crippen LogP) is 2.65. The average Bonchev–Trinajstić information content (AvgIpc) is 3.37. The summed E-state index contributed by atoms with van der Waals surface area (Å²) in [4.78, 5) is 31.3. The second kappa shape index (κ2) is 7.05. The molecule has 0 spiro atoms. The first kappa shape index (κ1) is 18.7. The molecule has 8 heteroatoms. The van der Waals surface area contributed by atoms with Crippen molar-refractivity contribution in [2.24, 2.45) is 7.05 Å². The second-order valence-corrected chi connectivity index (χ2v) is 6.97. The van der Waals surface area contributed by atoms with Gasteiger partial charge in [-0.3, -0.25) is 19.3 Å². The summed E-state index contributed by atoms with van der Waals surface area (Å²) >= 11 is 0. The van der Waals surface area contributed by atoms with Crippen molar-refractivity contribution in [3.05, 3.63) is 76.8 Å². The van der Waals surface area contributed by atoms with Crippen molar-refractivity contribution < 1.29 is 19.1 Å². The van der Waals surface area contributed by atoms with Gasteiger partial charge in [-0.25, -0.2) is 0 Å². The summed E-state index contributed by atoms with van der Waals surface area (Å²) in [6, 6.07) is 6.10. The van der Waals surface area contributed by atoms with Crippen molar-refractivity contribution in [3.63, 3.8) is 0 Å². The summed E-state index contributed by atoms with van der Waals surface area (Å²) in [6.07, 6.45) is 4.74. The molecule has 1 saturated heterocycles. The summed E-state index contributed by atoms with van der Waals surface area (Å²) in [5, 5.41) is 15.4. The van der Waals surface area contributed by atoms with Crippen LogP contribution in [0.5, 0.6) is 0 Å². The lowest BCUT2D eigenvalue weighted by Crippen LogP contribution is -2.29. The molecule has 0 bridgehead atoms. The molecule has 8 nitrogen and oxygen atoms in total. The van der Waals surface area contributed by atoms with E-state index in [0.29, 0.717) is 22.7 Å². The number of aliphatic hydroxyl groups is 1. The van der Waals surface area contributed by atoms with E-state index in [1.165, 1.54) is 11.2 Å². The highest BCUT2D eigenvalue weighted by molar-refractivity contribution is 6.46. The van der Waals surface area contributed by atoms with Crippen LogP contribution in [0.3, 0.4) is 0 Å². The van der Waals surface area contributed by atoms with E-state index in [4.69, 9.17) is 4.42 Å². The van der Waals surface area contributed by atoms with Crippen LogP contribution in [0.4, 0.5) is 0 Å². The molecule has 1 amide bonds. The first-order chi connectivity index (χ1) is 13.9. The van der Waals surface area contributed by atoms with Crippen LogP contribution < -0.4 is 0 Å². The Kier molecular flexibility index (Phi) is 4.54. The number of aromatic nitrogens is 3. The van der Waals surface area contributed by atoms with Crippen LogP contribution in [-0.4, -0.2) is 36.5 Å². The van der Waals surface area contributed by atoms with Gasteiger partial charge < -0.3 is 14.4 Å². The zero-order chi connectivity index (χ0) is 20.7. The second-order valence-electron chi connectivity index (χ2n) is 6.97. The van der Waals surface area contributed by atoms with E-state index >= 15 is 0 Å². The number of ketones is 1. The van der Waals surface area contributed by atoms with E-state index in [1.807, 2.05) is 6.07 Å². The van der Waals surface area contributed by atoms with Crippen molar-refractivity contribution in [2.75, 3.05) is 0 Å². The highest BCUT2D eigenvalue weighted by atomic mass is 16.3. The van der Waals surface area contributed by atoms with E-state index < -0.39 is 17.7 Å². The number of hydrogen-bond acceptors (Lipinski definition) is 6. The fourth-order valence-corrected chi connectivity index (χ4v) is 3.73. The lowest BCUT2D eigenvalue weighted by Gasteiger charge is -2.23. The third-order valence-electron chi connectivity index (χ3n) is 5.17. The minimum atomic E-state index is -0.843. The van der Waals surface area contributed by atoms with Gasteiger partial charge in [0.05, 0.1) is 23.1 Å². The number of carbonyl (C=O) groups is 2. The minimum absolute atomic E-state index is 0.00644. The highest BCUT2D eigenvalue weighted by Crippen LogP contribution is 2.41. The number of pyridine rings is 1. The van der Waals surface area contributed by atoms with Crippen LogP contribution in [0.2, 0.25) is 0 Å². The third-order valence-corrected chi connectivity index (χ3v) is 5.17. The van der Waals surface area contributed by atoms with Gasteiger partial charge in [-0.15, -0.1) is 0 Å². The van der Waals surface area contributed by atoms with E-state index in [9.17, 15) is 14.7 Å². The van der Waals surface area contributed by atoms with Gasteiger partial charge in [-0.2, -0.15) is 5.10 Å². The maximum Gasteiger partial charge on any atom is 0.296 e. The van der Waals surface area contributed by atoms with Gasteiger partial charge >= 0.3 is 0 Å². The topological polar surface area (TPSA) is 101 Å². The first-order valence-electron chi connectivity index (χ1n) is 9.11. The van der Waals surface area contributed by atoms with Crippen LogP contribution in [0.15, 0.2) is 52.9 Å². The largest absolute Gasteiger partial charge is 0.507 e. The standard InChI is InChI=1S/C21H20N4O4/c1-12-16(13(2)24(3)23-12)19(26)17-18(15-7-5-9-29-15)25(21(28)20(17)27)11-14-6-4-8-22-10-14/h4-10,18,26H,11H2,1-3H3/b19-17+/t18-/m1/s1. The van der Waals surface area contributed by atoms with Crippen molar-refractivity contribution in [1.29, 1.82) is 0 Å². The molecule has 148 valence electrons. The number of rotatable bonds is 4. The Bertz CT molecular complexity index is 1110. The third kappa shape index (κ3) is 3.02. The maximum atomic E-state index is 13.0. The SMILES string of the molecule is Cc1nn(C)c(C)c1/C(O)=C1\C(=O)C(=O)N(Cc2cccnc2)[C@@H]1c1ccco1. The van der Waals surface area contributed by atoms with Crippen LogP contribution in [-0.2, 0) is 23.2 Å². The Morgan fingerprint density at radius 2 is 2.03 bits per heavy atom. The van der Waals surface area contributed by atoms with E-state index in [2.05, 4.69) is 10.1 Å². The predicted molar refractivity (Wildman–Crippen MR) is 103 cm³/mol. The van der Waals surface area contributed by atoms with Crippen molar-refractivity contribution in [2.45, 2.75) is 26.4 Å². The van der Waals surface area contributed by atoms with Gasteiger partial charge in [0.1, 0.15) is 17.6 Å². The molecule has 3 aromatic heterocycles. The number of hydrogen-bond donors (Lipinski definition) is 1. The van der Waals surface area contributed by atoms with Crippen LogP contribution in [0, 0.1) is 13.8 Å². The summed E-state index contributed by atoms with van der Waals surface area (Å²) in [5.41, 5.74) is 2.46. The van der Waals surface area contributed by atoms with Crippen molar-refractivity contribution >= 4 is 17.4 Å². The van der Waals surface area contributed by atoms with Crippen LogP contribution in [0.25, 0.3) is 5.76 Å². The highest BCUT2D eigenvalue weighted by Gasteiger charge is 2.47. The van der Waals surface area contributed by atoms with Crippen LogP contribution >= 0.6 is 0 Å². The number of aryl methyl sites for hydroxylation is 2. The molecule has 0 radical (unpaired) electrons. The fourth-order valence-electron chi connectivity index (χ4n) is 3.73. The van der Waals surface area contributed by atoms with Crippen molar-refractivity contribution in [1.82, 2.24) is 19.7 Å². The van der Waals surface area contributed by atoms with Crippen LogP contribution in [0.1, 0.15) is 34.3 Å². The number of carbonyl (C=O) groups excluding carboxylic acids is 2. The molecule has 0 aromatic carbocycles. The molecule has 0 saturated carbocycles. The molecule has 1 N–H and O–H groups in total. The monoisotopic (exact) mass is 392 g/mol.